The lowest BCUT2D eigenvalue weighted by Crippen LogP contribution is -2.02. The summed E-state index contributed by atoms with van der Waals surface area (Å²) < 4.78 is 10.7. The van der Waals surface area contributed by atoms with Crippen LogP contribution in [0.2, 0.25) is 0 Å². The van der Waals surface area contributed by atoms with Crippen molar-refractivity contribution < 1.29 is 9.15 Å². The number of hydrogen-bond acceptors (Lipinski definition) is 3. The van der Waals surface area contributed by atoms with E-state index < -0.39 is 5.63 Å². The maximum Gasteiger partial charge on any atom is 0.339 e. The van der Waals surface area contributed by atoms with Gasteiger partial charge in [0.1, 0.15) is 17.9 Å². The summed E-state index contributed by atoms with van der Waals surface area (Å²) in [4.78, 5) is 11.6. The molecule has 0 radical (unpaired) electrons. The topological polar surface area (TPSA) is 39.4 Å². The second kappa shape index (κ2) is 4.51. The minimum atomic E-state index is -0.448. The molecule has 3 rings (SSSR count). The van der Waals surface area contributed by atoms with Crippen molar-refractivity contribution in [3.05, 3.63) is 52.9 Å². The van der Waals surface area contributed by atoms with E-state index in [1.54, 1.807) is 0 Å². The van der Waals surface area contributed by atoms with Crippen molar-refractivity contribution in [1.82, 2.24) is 0 Å². The fourth-order valence-corrected chi connectivity index (χ4v) is 2.10. The predicted octanol–water partition coefficient (Wildman–Crippen LogP) is 2.96. The zero-order valence-electron chi connectivity index (χ0n) is 10.1. The number of terminal acetylenes is 1. The van der Waals surface area contributed by atoms with E-state index in [2.05, 4.69) is 5.92 Å². The first-order valence-corrected chi connectivity index (χ1v) is 5.81. The lowest BCUT2D eigenvalue weighted by Gasteiger charge is -2.07. The van der Waals surface area contributed by atoms with E-state index in [0.29, 0.717) is 11.3 Å². The number of fused-ring (bicyclic) bond motifs is 3. The average molecular weight is 250 g/mol. The Kier molecular flexibility index (Phi) is 2.70. The molecule has 0 aliphatic carbocycles. The Morgan fingerprint density at radius 2 is 2.00 bits per heavy atom. The molecule has 0 N–H and O–H groups in total. The van der Waals surface area contributed by atoms with E-state index in [-0.39, 0.29) is 6.61 Å². The minimum Gasteiger partial charge on any atom is -0.480 e. The zero-order valence-corrected chi connectivity index (χ0v) is 10.1. The number of ether oxygens (including phenoxy) is 1. The number of rotatable bonds is 2. The molecule has 0 amide bonds. The summed E-state index contributed by atoms with van der Waals surface area (Å²) in [6, 6.07) is 12.8. The molecule has 19 heavy (non-hydrogen) atoms. The molecule has 0 aliphatic rings. The van der Waals surface area contributed by atoms with Gasteiger partial charge in [-0.25, -0.2) is 4.79 Å². The van der Waals surface area contributed by atoms with Gasteiger partial charge in [-0.05, 0) is 11.5 Å². The maximum atomic E-state index is 11.6. The molecule has 2 aromatic carbocycles. The smallest absolute Gasteiger partial charge is 0.339 e. The van der Waals surface area contributed by atoms with Crippen molar-refractivity contribution in [3.63, 3.8) is 0 Å². The van der Waals surface area contributed by atoms with Gasteiger partial charge >= 0.3 is 5.63 Å². The Bertz CT molecular complexity index is 853. The Labute approximate surface area is 109 Å². The Morgan fingerprint density at radius 1 is 1.16 bits per heavy atom. The van der Waals surface area contributed by atoms with Crippen LogP contribution in [0.15, 0.2) is 51.7 Å². The van der Waals surface area contributed by atoms with Gasteiger partial charge in [-0.3, -0.25) is 0 Å². The average Bonchev–Trinajstić information content (AvgIpc) is 2.44. The van der Waals surface area contributed by atoms with Crippen molar-refractivity contribution in [3.8, 4) is 18.1 Å². The van der Waals surface area contributed by atoms with Gasteiger partial charge in [0.25, 0.3) is 0 Å². The quantitative estimate of drug-likeness (QED) is 0.399. The number of hydrogen-bond donors (Lipinski definition) is 0. The van der Waals surface area contributed by atoms with Gasteiger partial charge in [0, 0.05) is 5.39 Å². The largest absolute Gasteiger partial charge is 0.480 e. The van der Waals surface area contributed by atoms with E-state index in [1.807, 2.05) is 36.4 Å². The monoisotopic (exact) mass is 250 g/mol. The van der Waals surface area contributed by atoms with Crippen LogP contribution in [0.5, 0.6) is 5.75 Å². The summed E-state index contributed by atoms with van der Waals surface area (Å²) in [5.74, 6) is 2.84. The molecule has 0 bridgehead atoms. The van der Waals surface area contributed by atoms with Gasteiger partial charge in [-0.2, -0.15) is 0 Å². The van der Waals surface area contributed by atoms with Crippen LogP contribution in [0.25, 0.3) is 21.7 Å². The van der Waals surface area contributed by atoms with Crippen LogP contribution in [0, 0.1) is 12.3 Å². The van der Waals surface area contributed by atoms with Gasteiger partial charge in [-0.1, -0.05) is 36.3 Å². The normalized spacial score (nSPS) is 10.5. The summed E-state index contributed by atoms with van der Waals surface area (Å²) in [6.07, 6.45) is 5.17. The Morgan fingerprint density at radius 3 is 2.84 bits per heavy atom. The Hall–Kier alpha value is -2.73. The summed E-state index contributed by atoms with van der Waals surface area (Å²) in [5.41, 5.74) is 0.0773. The second-order valence-electron chi connectivity index (χ2n) is 4.09. The fourth-order valence-electron chi connectivity index (χ4n) is 2.10. The summed E-state index contributed by atoms with van der Waals surface area (Å²) in [7, 11) is 0. The van der Waals surface area contributed by atoms with Crippen molar-refractivity contribution in [2.75, 3.05) is 6.61 Å². The van der Waals surface area contributed by atoms with Crippen molar-refractivity contribution >= 4 is 21.7 Å². The van der Waals surface area contributed by atoms with E-state index in [4.69, 9.17) is 15.6 Å². The second-order valence-corrected chi connectivity index (χ2v) is 4.09. The summed E-state index contributed by atoms with van der Waals surface area (Å²) in [6.45, 7) is 0.116. The van der Waals surface area contributed by atoms with Gasteiger partial charge in [0.05, 0.1) is 11.5 Å². The standard InChI is InChI=1S/C16H10O3/c1-2-9-18-14-10-15(17)19-16-12-6-4-3-5-11(12)7-8-13(14)16/h1,3-8,10H,9H2. The Balaban J connectivity index is 2.38. The van der Waals surface area contributed by atoms with Gasteiger partial charge < -0.3 is 9.15 Å². The van der Waals surface area contributed by atoms with Gasteiger partial charge in [0.15, 0.2) is 0 Å². The van der Waals surface area contributed by atoms with E-state index in [1.165, 1.54) is 6.07 Å². The summed E-state index contributed by atoms with van der Waals surface area (Å²) >= 11 is 0. The minimum absolute atomic E-state index is 0.116. The molecule has 3 aromatic rings. The lowest BCUT2D eigenvalue weighted by molar-refractivity contribution is 0.370. The molecule has 0 spiro atoms. The highest BCUT2D eigenvalue weighted by atomic mass is 16.5. The molecular formula is C16H10O3. The first-order valence-electron chi connectivity index (χ1n) is 5.81. The SMILES string of the molecule is C#CCOc1cc(=O)oc2c1ccc1ccccc12. The number of benzene rings is 2. The molecule has 0 unspecified atom stereocenters. The molecule has 1 aromatic heterocycles. The highest BCUT2D eigenvalue weighted by Gasteiger charge is 2.09. The predicted molar refractivity (Wildman–Crippen MR) is 74.3 cm³/mol. The third-order valence-corrected chi connectivity index (χ3v) is 2.91. The molecule has 92 valence electrons. The maximum absolute atomic E-state index is 11.6. The van der Waals surface area contributed by atoms with Gasteiger partial charge in [-0.15, -0.1) is 6.42 Å². The van der Waals surface area contributed by atoms with E-state index in [0.717, 1.165) is 16.2 Å². The van der Waals surface area contributed by atoms with Crippen LogP contribution in [-0.2, 0) is 0 Å². The zero-order chi connectivity index (χ0) is 13.2. The van der Waals surface area contributed by atoms with Crippen LogP contribution in [0.1, 0.15) is 0 Å². The molecule has 0 saturated heterocycles. The van der Waals surface area contributed by atoms with Crippen LogP contribution < -0.4 is 10.4 Å². The first kappa shape index (κ1) is 11.4. The lowest BCUT2D eigenvalue weighted by atomic mass is 10.1. The first-order chi connectivity index (χ1) is 9.29. The van der Waals surface area contributed by atoms with Crippen LogP contribution in [0.3, 0.4) is 0 Å². The molecule has 3 nitrogen and oxygen atoms in total. The molecule has 0 atom stereocenters. The molecular weight excluding hydrogens is 240 g/mol. The van der Waals surface area contributed by atoms with Crippen molar-refractivity contribution in [1.29, 1.82) is 0 Å². The molecule has 0 fully saturated rings. The van der Waals surface area contributed by atoms with Crippen molar-refractivity contribution in [2.45, 2.75) is 0 Å². The van der Waals surface area contributed by atoms with Crippen molar-refractivity contribution in [2.24, 2.45) is 0 Å². The van der Waals surface area contributed by atoms with E-state index >= 15 is 0 Å². The van der Waals surface area contributed by atoms with Crippen LogP contribution in [-0.4, -0.2) is 6.61 Å². The fraction of sp³-hybridized carbons (Fsp3) is 0.0625. The highest BCUT2D eigenvalue weighted by Crippen LogP contribution is 2.30. The third kappa shape index (κ3) is 1.94. The molecule has 1 heterocycles. The molecule has 0 aliphatic heterocycles. The summed E-state index contributed by atoms with van der Waals surface area (Å²) in [5, 5.41) is 2.63. The highest BCUT2D eigenvalue weighted by molar-refractivity contribution is 6.05. The van der Waals surface area contributed by atoms with Crippen LogP contribution in [0.4, 0.5) is 0 Å². The molecule has 3 heteroatoms. The van der Waals surface area contributed by atoms with E-state index in [9.17, 15) is 4.79 Å². The van der Waals surface area contributed by atoms with Gasteiger partial charge in [0.2, 0.25) is 0 Å². The third-order valence-electron chi connectivity index (χ3n) is 2.91. The van der Waals surface area contributed by atoms with Crippen LogP contribution >= 0.6 is 0 Å². The molecule has 0 saturated carbocycles.